The molecular formula is C26H28N6O4. The highest BCUT2D eigenvalue weighted by Gasteiger charge is 2.15. The van der Waals surface area contributed by atoms with E-state index in [1.807, 2.05) is 48.5 Å². The van der Waals surface area contributed by atoms with Gasteiger partial charge in [-0.25, -0.2) is 19.1 Å². The number of pyridine rings is 1. The van der Waals surface area contributed by atoms with Gasteiger partial charge in [0.15, 0.2) is 0 Å². The zero-order valence-electron chi connectivity index (χ0n) is 19.9. The summed E-state index contributed by atoms with van der Waals surface area (Å²) in [6, 6.07) is 20.0. The average Bonchev–Trinajstić information content (AvgIpc) is 2.89. The molecule has 0 aliphatic rings. The van der Waals surface area contributed by atoms with E-state index in [1.54, 1.807) is 25.3 Å². The van der Waals surface area contributed by atoms with Gasteiger partial charge in [0.2, 0.25) is 5.95 Å². The predicted octanol–water partition coefficient (Wildman–Crippen LogP) is 1.63. The minimum absolute atomic E-state index is 0.0539. The number of hydrogen-bond donors (Lipinski definition) is 3. The van der Waals surface area contributed by atoms with Gasteiger partial charge in [0.25, 0.3) is 0 Å². The number of rotatable bonds is 10. The third kappa shape index (κ3) is 5.97. The van der Waals surface area contributed by atoms with Gasteiger partial charge >= 0.3 is 11.4 Å². The van der Waals surface area contributed by atoms with Gasteiger partial charge in [-0.1, -0.05) is 42.5 Å². The molecule has 0 aliphatic heterocycles. The van der Waals surface area contributed by atoms with E-state index < -0.39 is 11.4 Å². The Morgan fingerprint density at radius 2 is 1.53 bits per heavy atom. The van der Waals surface area contributed by atoms with Crippen LogP contribution in [0.4, 0.5) is 11.8 Å². The summed E-state index contributed by atoms with van der Waals surface area (Å²) < 4.78 is 7.75. The van der Waals surface area contributed by atoms with Crippen molar-refractivity contribution in [1.82, 2.24) is 19.1 Å². The first-order valence-corrected chi connectivity index (χ1v) is 11.5. The Labute approximate surface area is 207 Å². The molecule has 0 unspecified atom stereocenters. The van der Waals surface area contributed by atoms with Crippen LogP contribution in [0.2, 0.25) is 0 Å². The third-order valence-electron chi connectivity index (χ3n) is 5.67. The molecule has 0 atom stereocenters. The second-order valence-electron chi connectivity index (χ2n) is 8.22. The fourth-order valence-corrected chi connectivity index (χ4v) is 3.74. The van der Waals surface area contributed by atoms with Crippen LogP contribution in [0.15, 0.2) is 76.3 Å². The van der Waals surface area contributed by atoms with Gasteiger partial charge in [-0.3, -0.25) is 4.57 Å². The number of aromatic nitrogens is 4. The van der Waals surface area contributed by atoms with E-state index in [2.05, 4.69) is 15.3 Å². The minimum atomic E-state index is -0.659. The van der Waals surface area contributed by atoms with Crippen molar-refractivity contribution in [2.45, 2.75) is 26.1 Å². The average molecular weight is 489 g/mol. The Morgan fingerprint density at radius 1 is 0.889 bits per heavy atom. The van der Waals surface area contributed by atoms with Crippen molar-refractivity contribution < 1.29 is 9.84 Å². The topological polar surface area (TPSA) is 137 Å². The summed E-state index contributed by atoms with van der Waals surface area (Å²) in [7, 11) is 1.59. The highest BCUT2D eigenvalue weighted by molar-refractivity contribution is 5.33. The first-order chi connectivity index (χ1) is 17.5. The standard InChI is InChI=1S/C26H28N6O4/c1-36-22-11-9-20(10-12-22)16-31-24(28-15-21-3-2-4-23(27)29-21)30-25(34)32(26(31)35)17-19-7-5-18(6-8-19)13-14-33/h2-12,33H,13-17H2,1H3,(H2,27,29)(H,28,30,34). The molecule has 0 radical (unpaired) electrons. The van der Waals surface area contributed by atoms with E-state index in [0.29, 0.717) is 23.7 Å². The number of anilines is 2. The molecule has 4 rings (SSSR count). The normalized spacial score (nSPS) is 10.8. The Balaban J connectivity index is 1.68. The largest absolute Gasteiger partial charge is 0.497 e. The predicted molar refractivity (Wildman–Crippen MR) is 137 cm³/mol. The zero-order valence-corrected chi connectivity index (χ0v) is 19.9. The van der Waals surface area contributed by atoms with Crippen LogP contribution < -0.4 is 27.2 Å². The molecule has 0 spiro atoms. The Hall–Kier alpha value is -4.44. The highest BCUT2D eigenvalue weighted by atomic mass is 16.5. The fourth-order valence-electron chi connectivity index (χ4n) is 3.74. The summed E-state index contributed by atoms with van der Waals surface area (Å²) in [5.74, 6) is 1.21. The zero-order chi connectivity index (χ0) is 25.5. The lowest BCUT2D eigenvalue weighted by Crippen LogP contribution is -2.43. The van der Waals surface area contributed by atoms with Crippen LogP contribution >= 0.6 is 0 Å². The number of benzene rings is 2. The molecule has 0 bridgehead atoms. The Morgan fingerprint density at radius 3 is 2.17 bits per heavy atom. The SMILES string of the molecule is COc1ccc(Cn2c(NCc3cccc(N)n3)nc(=O)n(Cc3ccc(CCO)cc3)c2=O)cc1. The van der Waals surface area contributed by atoms with E-state index in [0.717, 1.165) is 21.3 Å². The van der Waals surface area contributed by atoms with Crippen molar-refractivity contribution in [3.05, 3.63) is 110 Å². The molecular weight excluding hydrogens is 460 g/mol. The fraction of sp³-hybridized carbons (Fsp3) is 0.231. The van der Waals surface area contributed by atoms with Gasteiger partial charge in [-0.15, -0.1) is 0 Å². The number of hydrogen-bond acceptors (Lipinski definition) is 8. The van der Waals surface area contributed by atoms with Gasteiger partial charge in [0.1, 0.15) is 11.6 Å². The molecule has 0 amide bonds. The van der Waals surface area contributed by atoms with Crippen LogP contribution in [-0.4, -0.2) is 37.9 Å². The third-order valence-corrected chi connectivity index (χ3v) is 5.67. The Bertz CT molecular complexity index is 1430. The molecule has 0 saturated heterocycles. The maximum atomic E-state index is 13.5. The number of nitrogens with two attached hydrogens (primary N) is 1. The summed E-state index contributed by atoms with van der Waals surface area (Å²) in [6.07, 6.45) is 0.540. The van der Waals surface area contributed by atoms with Crippen molar-refractivity contribution in [2.75, 3.05) is 24.8 Å². The van der Waals surface area contributed by atoms with Gasteiger partial charge in [-0.05, 0) is 47.4 Å². The van der Waals surface area contributed by atoms with Gasteiger partial charge < -0.3 is 20.9 Å². The highest BCUT2D eigenvalue weighted by Crippen LogP contribution is 2.14. The van der Waals surface area contributed by atoms with Crippen LogP contribution in [0.1, 0.15) is 22.4 Å². The van der Waals surface area contributed by atoms with E-state index in [9.17, 15) is 9.59 Å². The molecule has 0 saturated carbocycles. The molecule has 2 aromatic carbocycles. The summed E-state index contributed by atoms with van der Waals surface area (Å²) in [5.41, 5.74) is 7.84. The van der Waals surface area contributed by atoms with Crippen LogP contribution in [-0.2, 0) is 26.1 Å². The van der Waals surface area contributed by atoms with Crippen LogP contribution in [0.25, 0.3) is 0 Å². The molecule has 0 fully saturated rings. The van der Waals surface area contributed by atoms with Crippen LogP contribution in [0.5, 0.6) is 5.75 Å². The maximum Gasteiger partial charge on any atom is 0.355 e. The maximum absolute atomic E-state index is 13.5. The second-order valence-corrected chi connectivity index (χ2v) is 8.22. The first kappa shape index (κ1) is 24.7. The molecule has 2 aromatic heterocycles. The van der Waals surface area contributed by atoms with Crippen LogP contribution in [0.3, 0.4) is 0 Å². The van der Waals surface area contributed by atoms with Crippen molar-refractivity contribution in [3.63, 3.8) is 0 Å². The number of nitrogens with one attached hydrogen (secondary N) is 1. The molecule has 186 valence electrons. The number of methoxy groups -OCH3 is 1. The number of ether oxygens (including phenoxy) is 1. The Kier molecular flexibility index (Phi) is 7.76. The number of nitrogens with zero attached hydrogens (tertiary/aromatic N) is 4. The summed E-state index contributed by atoms with van der Waals surface area (Å²) in [4.78, 5) is 34.9. The minimum Gasteiger partial charge on any atom is -0.497 e. The molecule has 10 nitrogen and oxygen atoms in total. The molecule has 10 heteroatoms. The van der Waals surface area contributed by atoms with Crippen LogP contribution in [0, 0.1) is 0 Å². The number of aliphatic hydroxyl groups excluding tert-OH is 1. The monoisotopic (exact) mass is 488 g/mol. The van der Waals surface area contributed by atoms with Crippen molar-refractivity contribution in [2.24, 2.45) is 0 Å². The van der Waals surface area contributed by atoms with Crippen molar-refractivity contribution in [1.29, 1.82) is 0 Å². The van der Waals surface area contributed by atoms with Gasteiger partial charge in [-0.2, -0.15) is 4.98 Å². The molecule has 4 aromatic rings. The summed E-state index contributed by atoms with van der Waals surface area (Å²) in [6.45, 7) is 0.552. The molecule has 0 aliphatic carbocycles. The van der Waals surface area contributed by atoms with Crippen molar-refractivity contribution in [3.8, 4) is 5.75 Å². The van der Waals surface area contributed by atoms with Gasteiger partial charge in [0, 0.05) is 6.61 Å². The second kappa shape index (κ2) is 11.3. The quantitative estimate of drug-likeness (QED) is 0.306. The lowest BCUT2D eigenvalue weighted by molar-refractivity contribution is 0.299. The first-order valence-electron chi connectivity index (χ1n) is 11.5. The van der Waals surface area contributed by atoms with E-state index in [1.165, 1.54) is 4.57 Å². The summed E-state index contributed by atoms with van der Waals surface area (Å²) in [5, 5.41) is 12.2. The number of aliphatic hydroxyl groups is 1. The molecule has 36 heavy (non-hydrogen) atoms. The lowest BCUT2D eigenvalue weighted by atomic mass is 10.1. The molecule has 4 N–H and O–H groups in total. The van der Waals surface area contributed by atoms with E-state index in [-0.39, 0.29) is 32.2 Å². The number of nitrogen functional groups attached to an aromatic ring is 1. The van der Waals surface area contributed by atoms with Gasteiger partial charge in [0.05, 0.1) is 32.4 Å². The summed E-state index contributed by atoms with van der Waals surface area (Å²) >= 11 is 0. The van der Waals surface area contributed by atoms with E-state index in [4.69, 9.17) is 15.6 Å². The van der Waals surface area contributed by atoms with Crippen molar-refractivity contribution >= 4 is 11.8 Å². The molecule has 2 heterocycles. The smallest absolute Gasteiger partial charge is 0.355 e. The van der Waals surface area contributed by atoms with E-state index >= 15 is 0 Å². The lowest BCUT2D eigenvalue weighted by Gasteiger charge is -2.16.